The van der Waals surface area contributed by atoms with E-state index in [1.165, 1.54) is 11.8 Å². The van der Waals surface area contributed by atoms with Gasteiger partial charge in [0, 0.05) is 30.7 Å². The van der Waals surface area contributed by atoms with Gasteiger partial charge in [-0.15, -0.1) is 0 Å². The third-order valence-electron chi connectivity index (χ3n) is 6.48. The van der Waals surface area contributed by atoms with Gasteiger partial charge >= 0.3 is 0 Å². The summed E-state index contributed by atoms with van der Waals surface area (Å²) in [6.07, 6.45) is 7.13. The molecule has 0 saturated carbocycles. The maximum absolute atomic E-state index is 15.2. The van der Waals surface area contributed by atoms with Crippen LogP contribution in [0.5, 0.6) is 0 Å². The molecule has 3 N–H and O–H groups in total. The Morgan fingerprint density at radius 3 is 2.61 bits per heavy atom. The Morgan fingerprint density at radius 2 is 1.89 bits per heavy atom. The molecule has 1 aliphatic rings. The first-order chi connectivity index (χ1) is 17.4. The number of nitrogens with one attached hydrogen (secondary N) is 3. The van der Waals surface area contributed by atoms with E-state index in [0.29, 0.717) is 28.3 Å². The Balaban J connectivity index is 1.25. The summed E-state index contributed by atoms with van der Waals surface area (Å²) in [4.78, 5) is 15.1. The van der Waals surface area contributed by atoms with Crippen LogP contribution in [0.4, 0.5) is 27.7 Å². The van der Waals surface area contributed by atoms with Gasteiger partial charge in [0.05, 0.1) is 11.9 Å². The highest BCUT2D eigenvalue weighted by atomic mass is 35.5. The van der Waals surface area contributed by atoms with Crippen molar-refractivity contribution in [2.45, 2.75) is 39.2 Å². The molecule has 5 rings (SSSR count). The lowest BCUT2D eigenvalue weighted by atomic mass is 9.86. The van der Waals surface area contributed by atoms with Crippen molar-refractivity contribution >= 4 is 34.9 Å². The normalized spacial score (nSPS) is 14.7. The van der Waals surface area contributed by atoms with E-state index < -0.39 is 0 Å². The molecule has 186 valence electrons. The Morgan fingerprint density at radius 1 is 1.11 bits per heavy atom. The zero-order valence-corrected chi connectivity index (χ0v) is 21.0. The van der Waals surface area contributed by atoms with Crippen LogP contribution in [0, 0.1) is 19.7 Å². The summed E-state index contributed by atoms with van der Waals surface area (Å²) in [5.41, 5.74) is 4.61. The number of H-pyrrole nitrogens is 1. The molecule has 0 radical (unpaired) electrons. The van der Waals surface area contributed by atoms with E-state index in [4.69, 9.17) is 11.6 Å². The van der Waals surface area contributed by atoms with E-state index in [9.17, 15) is 0 Å². The highest BCUT2D eigenvalue weighted by Crippen LogP contribution is 2.34. The van der Waals surface area contributed by atoms with Crippen molar-refractivity contribution in [3.63, 3.8) is 0 Å². The summed E-state index contributed by atoms with van der Waals surface area (Å²) in [7, 11) is 0. The maximum Gasteiger partial charge on any atom is 0.229 e. The van der Waals surface area contributed by atoms with Crippen LogP contribution in [0.1, 0.15) is 41.1 Å². The quantitative estimate of drug-likeness (QED) is 0.288. The summed E-state index contributed by atoms with van der Waals surface area (Å²) in [6.45, 7) is 6.81. The molecule has 0 amide bonds. The van der Waals surface area contributed by atoms with E-state index in [1.54, 1.807) is 6.07 Å². The van der Waals surface area contributed by atoms with E-state index in [-0.39, 0.29) is 11.8 Å². The SMILES string of the molecule is Cc1cc(Nc2nc(Nc3cc(C)c(C4CCN(Cc5ccncc5)CC4)cc3F)ncc2Cl)n[nH]1. The topological polar surface area (TPSA) is 94.7 Å². The molecule has 10 heteroatoms. The highest BCUT2D eigenvalue weighted by Gasteiger charge is 2.23. The number of benzene rings is 1. The molecule has 0 atom stereocenters. The predicted molar refractivity (Wildman–Crippen MR) is 140 cm³/mol. The van der Waals surface area contributed by atoms with Gasteiger partial charge in [0.25, 0.3) is 0 Å². The van der Waals surface area contributed by atoms with Gasteiger partial charge in [0.1, 0.15) is 10.8 Å². The Bertz CT molecular complexity index is 1340. The van der Waals surface area contributed by atoms with Crippen LogP contribution < -0.4 is 10.6 Å². The van der Waals surface area contributed by atoms with Gasteiger partial charge in [-0.1, -0.05) is 11.6 Å². The Kier molecular flexibility index (Phi) is 7.11. The van der Waals surface area contributed by atoms with Crippen molar-refractivity contribution in [1.82, 2.24) is 30.0 Å². The summed E-state index contributed by atoms with van der Waals surface area (Å²) < 4.78 is 15.2. The number of nitrogens with zero attached hydrogens (tertiary/aromatic N) is 5. The second-order valence-corrected chi connectivity index (χ2v) is 9.58. The third kappa shape index (κ3) is 5.63. The summed E-state index contributed by atoms with van der Waals surface area (Å²) in [5.74, 6) is 1.21. The van der Waals surface area contributed by atoms with Crippen LogP contribution in [0.25, 0.3) is 0 Å². The summed E-state index contributed by atoms with van der Waals surface area (Å²) in [6, 6.07) is 9.42. The smallest absolute Gasteiger partial charge is 0.229 e. The number of hydrogen-bond donors (Lipinski definition) is 3. The molecule has 3 aromatic heterocycles. The monoisotopic (exact) mass is 506 g/mol. The fraction of sp³-hybridized carbons (Fsp3) is 0.308. The van der Waals surface area contributed by atoms with Crippen LogP contribution in [0.15, 0.2) is 48.9 Å². The Hall–Kier alpha value is -3.56. The number of halogens is 2. The Labute approximate surface area is 214 Å². The van der Waals surface area contributed by atoms with Crippen molar-refractivity contribution in [1.29, 1.82) is 0 Å². The van der Waals surface area contributed by atoms with Crippen LogP contribution >= 0.6 is 11.6 Å². The summed E-state index contributed by atoms with van der Waals surface area (Å²) >= 11 is 6.24. The minimum atomic E-state index is -0.328. The second-order valence-electron chi connectivity index (χ2n) is 9.17. The van der Waals surface area contributed by atoms with Crippen LogP contribution in [0.2, 0.25) is 5.02 Å². The molecule has 1 aromatic carbocycles. The number of aromatic nitrogens is 5. The van der Waals surface area contributed by atoms with Crippen LogP contribution in [-0.2, 0) is 6.54 Å². The molecule has 0 bridgehead atoms. The standard InChI is InChI=1S/C26H28ClFN8/c1-16-11-23(31-26-30-14-21(27)25(33-26)32-24-12-17(2)34-35-24)22(28)13-20(16)19-5-9-36(10-6-19)15-18-3-7-29-8-4-18/h3-4,7-8,11-14,19H,5-6,9-10,15H2,1-2H3,(H3,30,31,32,33,34,35). The first-order valence-corrected chi connectivity index (χ1v) is 12.3. The fourth-order valence-electron chi connectivity index (χ4n) is 4.62. The lowest BCUT2D eigenvalue weighted by molar-refractivity contribution is 0.204. The third-order valence-corrected chi connectivity index (χ3v) is 6.76. The van der Waals surface area contributed by atoms with Gasteiger partial charge in [-0.2, -0.15) is 10.1 Å². The average Bonchev–Trinajstić information content (AvgIpc) is 3.29. The van der Waals surface area contributed by atoms with E-state index in [1.807, 2.05) is 38.4 Å². The first kappa shape index (κ1) is 24.1. The molecule has 0 spiro atoms. The number of aromatic amines is 1. The zero-order chi connectivity index (χ0) is 25.1. The molecular weight excluding hydrogens is 479 g/mol. The van der Waals surface area contributed by atoms with Gasteiger partial charge in [-0.3, -0.25) is 15.0 Å². The molecule has 1 aliphatic heterocycles. The first-order valence-electron chi connectivity index (χ1n) is 11.9. The number of piperidine rings is 1. The van der Waals surface area contributed by atoms with Gasteiger partial charge in [0.15, 0.2) is 11.6 Å². The molecule has 8 nitrogen and oxygen atoms in total. The van der Waals surface area contributed by atoms with Gasteiger partial charge in [-0.05, 0) is 86.7 Å². The maximum atomic E-state index is 15.2. The van der Waals surface area contributed by atoms with E-state index in [2.05, 4.69) is 52.8 Å². The number of rotatable bonds is 7. The lowest BCUT2D eigenvalue weighted by Crippen LogP contribution is -2.32. The average molecular weight is 507 g/mol. The highest BCUT2D eigenvalue weighted by molar-refractivity contribution is 6.32. The fourth-order valence-corrected chi connectivity index (χ4v) is 4.76. The number of pyridine rings is 1. The molecule has 0 unspecified atom stereocenters. The molecule has 4 aromatic rings. The van der Waals surface area contributed by atoms with E-state index in [0.717, 1.165) is 49.3 Å². The molecule has 0 aliphatic carbocycles. The van der Waals surface area contributed by atoms with Crippen molar-refractivity contribution in [2.24, 2.45) is 0 Å². The number of likely N-dealkylation sites (tertiary alicyclic amines) is 1. The molecule has 1 saturated heterocycles. The van der Waals surface area contributed by atoms with Crippen LogP contribution in [0.3, 0.4) is 0 Å². The molecule has 4 heterocycles. The summed E-state index contributed by atoms with van der Waals surface area (Å²) in [5, 5.41) is 13.4. The molecular formula is C26H28ClFN8. The van der Waals surface area contributed by atoms with Gasteiger partial charge in [0.2, 0.25) is 5.95 Å². The van der Waals surface area contributed by atoms with Crippen molar-refractivity contribution < 1.29 is 4.39 Å². The van der Waals surface area contributed by atoms with Crippen molar-refractivity contribution in [3.8, 4) is 0 Å². The van der Waals surface area contributed by atoms with Crippen molar-refractivity contribution in [3.05, 3.63) is 82.1 Å². The van der Waals surface area contributed by atoms with Gasteiger partial charge in [-0.25, -0.2) is 9.37 Å². The predicted octanol–water partition coefficient (Wildman–Crippen LogP) is 5.87. The zero-order valence-electron chi connectivity index (χ0n) is 20.2. The minimum Gasteiger partial charge on any atom is -0.322 e. The number of hydrogen-bond acceptors (Lipinski definition) is 7. The van der Waals surface area contributed by atoms with Gasteiger partial charge < -0.3 is 10.6 Å². The minimum absolute atomic E-state index is 0.240. The largest absolute Gasteiger partial charge is 0.322 e. The van der Waals surface area contributed by atoms with Crippen LogP contribution in [-0.4, -0.2) is 43.1 Å². The van der Waals surface area contributed by atoms with E-state index >= 15 is 4.39 Å². The number of aryl methyl sites for hydroxylation is 2. The molecule has 36 heavy (non-hydrogen) atoms. The number of anilines is 4. The van der Waals surface area contributed by atoms with Crippen molar-refractivity contribution in [2.75, 3.05) is 23.7 Å². The second kappa shape index (κ2) is 10.6. The molecule has 1 fully saturated rings. The lowest BCUT2D eigenvalue weighted by Gasteiger charge is -2.33.